The Kier molecular flexibility index (Phi) is 4.86. The molecule has 5 nitrogen and oxygen atoms in total. The predicted molar refractivity (Wildman–Crippen MR) is 93.7 cm³/mol. The van der Waals surface area contributed by atoms with Crippen LogP contribution in [0, 0.1) is 5.82 Å². The average Bonchev–Trinajstić information content (AvgIpc) is 3.18. The quantitative estimate of drug-likeness (QED) is 0.619. The predicted octanol–water partition coefficient (Wildman–Crippen LogP) is 2.95. The van der Waals surface area contributed by atoms with Crippen LogP contribution < -0.4 is 0 Å². The fourth-order valence-electron chi connectivity index (χ4n) is 2.15. The molecule has 0 aliphatic carbocycles. The third-order valence-corrected chi connectivity index (χ3v) is 4.76. The van der Waals surface area contributed by atoms with Gasteiger partial charge in [-0.05, 0) is 23.8 Å². The first-order valence-electron chi connectivity index (χ1n) is 7.07. The molecule has 1 aromatic carbocycles. The molecule has 2 aromatic rings. The number of halogens is 1. The number of thiocarbonyl (C=S) groups is 1. The first-order chi connectivity index (χ1) is 11.5. The third kappa shape index (κ3) is 3.60. The summed E-state index contributed by atoms with van der Waals surface area (Å²) in [4.78, 5) is 30.1. The zero-order valence-electron chi connectivity index (χ0n) is 12.4. The number of rotatable bonds is 4. The van der Waals surface area contributed by atoms with Gasteiger partial charge >= 0.3 is 0 Å². The van der Waals surface area contributed by atoms with Crippen molar-refractivity contribution in [3.63, 3.8) is 0 Å². The minimum atomic E-state index is -0.335. The van der Waals surface area contributed by atoms with Crippen LogP contribution in [0.1, 0.15) is 16.8 Å². The maximum atomic E-state index is 12.9. The number of benzene rings is 1. The van der Waals surface area contributed by atoms with Gasteiger partial charge in [0.15, 0.2) is 0 Å². The van der Waals surface area contributed by atoms with Crippen LogP contribution in [0.3, 0.4) is 0 Å². The summed E-state index contributed by atoms with van der Waals surface area (Å²) in [5, 5.41) is 0. The first kappa shape index (κ1) is 16.5. The first-order valence-corrected chi connectivity index (χ1v) is 8.29. The van der Waals surface area contributed by atoms with Gasteiger partial charge in [0.05, 0.1) is 4.91 Å². The molecular formula is C16H12FN3O2S2. The minimum absolute atomic E-state index is 0.145. The van der Waals surface area contributed by atoms with Crippen molar-refractivity contribution >= 4 is 46.2 Å². The summed E-state index contributed by atoms with van der Waals surface area (Å²) in [5.41, 5.74) is 0.714. The Morgan fingerprint density at radius 1 is 1.33 bits per heavy atom. The van der Waals surface area contributed by atoms with Gasteiger partial charge in [-0.15, -0.1) is 0 Å². The van der Waals surface area contributed by atoms with E-state index in [-0.39, 0.29) is 30.6 Å². The van der Waals surface area contributed by atoms with E-state index in [1.807, 2.05) is 0 Å². The molecule has 0 bridgehead atoms. The summed E-state index contributed by atoms with van der Waals surface area (Å²) in [6.45, 7) is 0.211. The van der Waals surface area contributed by atoms with Crippen LogP contribution in [0.5, 0.6) is 0 Å². The Balaban J connectivity index is 1.67. The van der Waals surface area contributed by atoms with Gasteiger partial charge < -0.3 is 0 Å². The number of aromatic nitrogens is 2. The van der Waals surface area contributed by atoms with Gasteiger partial charge in [-0.1, -0.05) is 36.1 Å². The van der Waals surface area contributed by atoms with E-state index < -0.39 is 0 Å². The van der Waals surface area contributed by atoms with Crippen LogP contribution in [0.4, 0.5) is 4.39 Å². The van der Waals surface area contributed by atoms with Crippen molar-refractivity contribution in [3.05, 3.63) is 59.3 Å². The number of hydrogen-bond acceptors (Lipinski definition) is 5. The van der Waals surface area contributed by atoms with Crippen molar-refractivity contribution < 1.29 is 14.0 Å². The molecular weight excluding hydrogens is 349 g/mol. The van der Waals surface area contributed by atoms with Crippen molar-refractivity contribution in [2.24, 2.45) is 0 Å². The van der Waals surface area contributed by atoms with Crippen molar-refractivity contribution in [3.8, 4) is 0 Å². The van der Waals surface area contributed by atoms with E-state index in [9.17, 15) is 14.0 Å². The van der Waals surface area contributed by atoms with Crippen LogP contribution in [0.2, 0.25) is 0 Å². The number of carbonyl (C=O) groups excluding carboxylic acids is 2. The van der Waals surface area contributed by atoms with E-state index >= 15 is 0 Å². The monoisotopic (exact) mass is 361 g/mol. The highest BCUT2D eigenvalue weighted by Crippen LogP contribution is 2.32. The van der Waals surface area contributed by atoms with E-state index in [2.05, 4.69) is 4.98 Å². The molecule has 2 heterocycles. The zero-order chi connectivity index (χ0) is 17.1. The summed E-state index contributed by atoms with van der Waals surface area (Å²) in [6.07, 6.45) is 6.30. The molecule has 1 saturated heterocycles. The molecule has 0 N–H and O–H groups in total. The second-order valence-electron chi connectivity index (χ2n) is 5.00. The Labute approximate surface area is 147 Å². The Bertz CT molecular complexity index is 816. The summed E-state index contributed by atoms with van der Waals surface area (Å²) < 4.78 is 14.7. The highest BCUT2D eigenvalue weighted by Gasteiger charge is 2.32. The highest BCUT2D eigenvalue weighted by molar-refractivity contribution is 8.26. The summed E-state index contributed by atoms with van der Waals surface area (Å²) >= 11 is 6.40. The Morgan fingerprint density at radius 2 is 2.08 bits per heavy atom. The molecule has 8 heteroatoms. The number of nitrogens with zero attached hydrogens (tertiary/aromatic N) is 3. The molecule has 1 aliphatic rings. The van der Waals surface area contributed by atoms with Gasteiger partial charge in [-0.2, -0.15) is 0 Å². The van der Waals surface area contributed by atoms with E-state index in [4.69, 9.17) is 12.2 Å². The normalized spacial score (nSPS) is 16.2. The molecule has 0 unspecified atom stereocenters. The van der Waals surface area contributed by atoms with Crippen molar-refractivity contribution in [1.82, 2.24) is 14.5 Å². The molecule has 1 aromatic heterocycles. The van der Waals surface area contributed by atoms with Crippen molar-refractivity contribution in [1.29, 1.82) is 0 Å². The second kappa shape index (κ2) is 7.06. The maximum absolute atomic E-state index is 12.9. The SMILES string of the molecule is O=C1/C(=C/c2ccc(F)cc2)SC(=S)N1CCC(=O)n1ccnc1. The number of carbonyl (C=O) groups is 2. The van der Waals surface area contributed by atoms with Gasteiger partial charge in [-0.3, -0.25) is 19.1 Å². The topological polar surface area (TPSA) is 55.2 Å². The fourth-order valence-corrected chi connectivity index (χ4v) is 3.45. The molecule has 0 spiro atoms. The van der Waals surface area contributed by atoms with Gasteiger partial charge in [0.1, 0.15) is 16.5 Å². The fraction of sp³-hybridized carbons (Fsp3) is 0.125. The van der Waals surface area contributed by atoms with Gasteiger partial charge in [0, 0.05) is 25.4 Å². The minimum Gasteiger partial charge on any atom is -0.292 e. The second-order valence-corrected chi connectivity index (χ2v) is 6.67. The molecule has 122 valence electrons. The van der Waals surface area contributed by atoms with E-state index in [1.165, 1.54) is 45.9 Å². The molecule has 0 saturated carbocycles. The van der Waals surface area contributed by atoms with Gasteiger partial charge in [0.2, 0.25) is 5.91 Å². The number of imidazole rings is 1. The lowest BCUT2D eigenvalue weighted by Crippen LogP contribution is -2.31. The molecule has 0 atom stereocenters. The molecule has 24 heavy (non-hydrogen) atoms. The summed E-state index contributed by atoms with van der Waals surface area (Å²) in [6, 6.07) is 5.83. The van der Waals surface area contributed by atoms with Crippen LogP contribution in [-0.2, 0) is 4.79 Å². The lowest BCUT2D eigenvalue weighted by atomic mass is 10.2. The van der Waals surface area contributed by atoms with Crippen molar-refractivity contribution in [2.75, 3.05) is 6.54 Å². The molecule has 1 aliphatic heterocycles. The summed E-state index contributed by atoms with van der Waals surface area (Å²) in [5.74, 6) is -0.741. The number of amides is 1. The lowest BCUT2D eigenvalue weighted by molar-refractivity contribution is -0.122. The maximum Gasteiger partial charge on any atom is 0.266 e. The zero-order valence-corrected chi connectivity index (χ0v) is 14.0. The van der Waals surface area contributed by atoms with Crippen LogP contribution >= 0.6 is 24.0 Å². The van der Waals surface area contributed by atoms with E-state index in [0.29, 0.717) is 14.8 Å². The van der Waals surface area contributed by atoms with Crippen molar-refractivity contribution in [2.45, 2.75) is 6.42 Å². The highest BCUT2D eigenvalue weighted by atomic mass is 32.2. The number of thioether (sulfide) groups is 1. The van der Waals surface area contributed by atoms with Gasteiger partial charge in [-0.25, -0.2) is 9.37 Å². The summed E-state index contributed by atoms with van der Waals surface area (Å²) in [7, 11) is 0. The molecule has 0 radical (unpaired) electrons. The lowest BCUT2D eigenvalue weighted by Gasteiger charge is -2.13. The average molecular weight is 361 g/mol. The Morgan fingerprint density at radius 3 is 2.75 bits per heavy atom. The van der Waals surface area contributed by atoms with Crippen LogP contribution in [-0.4, -0.2) is 37.1 Å². The van der Waals surface area contributed by atoms with Crippen LogP contribution in [0.25, 0.3) is 6.08 Å². The van der Waals surface area contributed by atoms with E-state index in [0.717, 1.165) is 0 Å². The third-order valence-electron chi connectivity index (χ3n) is 3.38. The standard InChI is InChI=1S/C16H12FN3O2S2/c17-12-3-1-11(2-4-12)9-13-15(22)20(16(23)24-13)7-5-14(21)19-8-6-18-10-19/h1-4,6,8-10H,5,7H2/b13-9-. The van der Waals surface area contributed by atoms with Gasteiger partial charge in [0.25, 0.3) is 5.91 Å². The van der Waals surface area contributed by atoms with E-state index in [1.54, 1.807) is 24.4 Å². The smallest absolute Gasteiger partial charge is 0.266 e. The Hall–Kier alpha value is -2.32. The largest absolute Gasteiger partial charge is 0.292 e. The molecule has 3 rings (SSSR count). The van der Waals surface area contributed by atoms with Crippen LogP contribution in [0.15, 0.2) is 47.9 Å². The number of hydrogen-bond donors (Lipinski definition) is 0. The molecule has 1 amide bonds. The molecule has 1 fully saturated rings.